The van der Waals surface area contributed by atoms with Gasteiger partial charge in [-0.3, -0.25) is 19.4 Å². The van der Waals surface area contributed by atoms with Gasteiger partial charge in [0.15, 0.2) is 0 Å². The van der Waals surface area contributed by atoms with Crippen LogP contribution in [0.25, 0.3) is 0 Å². The SMILES string of the molecule is O=C(Nc1ccccc1C(=O)N1CCCCC1)C1CC(=O)N(Cc2ccccn2)C1. The normalized spacial score (nSPS) is 19.1. The highest BCUT2D eigenvalue weighted by atomic mass is 16.2. The van der Waals surface area contributed by atoms with Crippen LogP contribution in [-0.4, -0.2) is 52.1 Å². The number of carbonyl (C=O) groups excluding carboxylic acids is 3. The number of carbonyl (C=O) groups is 3. The number of anilines is 1. The van der Waals surface area contributed by atoms with Crippen molar-refractivity contribution in [1.82, 2.24) is 14.8 Å². The molecule has 2 aliphatic rings. The summed E-state index contributed by atoms with van der Waals surface area (Å²) in [6, 6.07) is 12.7. The average Bonchev–Trinajstić information content (AvgIpc) is 3.15. The molecule has 3 amide bonds. The Morgan fingerprint density at radius 1 is 1.03 bits per heavy atom. The zero-order valence-electron chi connectivity index (χ0n) is 16.9. The first-order valence-electron chi connectivity index (χ1n) is 10.5. The Hall–Kier alpha value is -3.22. The van der Waals surface area contributed by atoms with E-state index in [1.165, 1.54) is 0 Å². The van der Waals surface area contributed by atoms with Crippen LogP contribution in [0, 0.1) is 5.92 Å². The fraction of sp³-hybridized carbons (Fsp3) is 0.391. The Kier molecular flexibility index (Phi) is 6.07. The van der Waals surface area contributed by atoms with Crippen molar-refractivity contribution in [2.45, 2.75) is 32.2 Å². The van der Waals surface area contributed by atoms with E-state index in [-0.39, 0.29) is 24.1 Å². The number of hydrogen-bond acceptors (Lipinski definition) is 4. The fourth-order valence-corrected chi connectivity index (χ4v) is 4.07. The summed E-state index contributed by atoms with van der Waals surface area (Å²) in [7, 11) is 0. The maximum atomic E-state index is 12.9. The van der Waals surface area contributed by atoms with E-state index in [0.29, 0.717) is 24.3 Å². The van der Waals surface area contributed by atoms with Gasteiger partial charge in [0.25, 0.3) is 5.91 Å². The molecule has 3 heterocycles. The van der Waals surface area contributed by atoms with Crippen LogP contribution in [0.1, 0.15) is 41.7 Å². The van der Waals surface area contributed by atoms with Crippen LogP contribution in [0.15, 0.2) is 48.7 Å². The average molecular weight is 406 g/mol. The molecule has 2 fully saturated rings. The van der Waals surface area contributed by atoms with Gasteiger partial charge in [-0.05, 0) is 43.5 Å². The molecule has 2 aliphatic heterocycles. The van der Waals surface area contributed by atoms with Gasteiger partial charge in [-0.2, -0.15) is 0 Å². The van der Waals surface area contributed by atoms with Crippen molar-refractivity contribution in [2.75, 3.05) is 25.0 Å². The third-order valence-corrected chi connectivity index (χ3v) is 5.72. The first-order valence-corrected chi connectivity index (χ1v) is 10.5. The highest BCUT2D eigenvalue weighted by Gasteiger charge is 2.35. The standard InChI is InChI=1S/C23H26N4O3/c28-21-14-17(15-27(21)16-18-8-4-5-11-24-18)22(29)25-20-10-3-2-9-19(20)23(30)26-12-6-1-7-13-26/h2-5,8-11,17H,1,6-7,12-16H2,(H,25,29). The molecule has 4 rings (SSSR count). The first-order chi connectivity index (χ1) is 14.6. The lowest BCUT2D eigenvalue weighted by Crippen LogP contribution is -2.36. The zero-order valence-corrected chi connectivity index (χ0v) is 16.9. The van der Waals surface area contributed by atoms with Gasteiger partial charge in [0, 0.05) is 32.3 Å². The van der Waals surface area contributed by atoms with Crippen LogP contribution in [0.2, 0.25) is 0 Å². The molecule has 2 aromatic rings. The van der Waals surface area contributed by atoms with E-state index < -0.39 is 5.92 Å². The molecule has 0 bridgehead atoms. The molecule has 156 valence electrons. The van der Waals surface area contributed by atoms with E-state index in [0.717, 1.165) is 38.0 Å². The maximum Gasteiger partial charge on any atom is 0.255 e. The Morgan fingerprint density at radius 2 is 1.80 bits per heavy atom. The minimum absolute atomic E-state index is 0.0510. The molecule has 0 radical (unpaired) electrons. The number of rotatable bonds is 5. The lowest BCUT2D eigenvalue weighted by molar-refractivity contribution is -0.128. The summed E-state index contributed by atoms with van der Waals surface area (Å²) in [5.41, 5.74) is 1.81. The van der Waals surface area contributed by atoms with Gasteiger partial charge in [-0.1, -0.05) is 18.2 Å². The second-order valence-corrected chi connectivity index (χ2v) is 7.88. The monoisotopic (exact) mass is 406 g/mol. The molecular weight excluding hydrogens is 380 g/mol. The van der Waals surface area contributed by atoms with Gasteiger partial charge >= 0.3 is 0 Å². The minimum atomic E-state index is -0.445. The van der Waals surface area contributed by atoms with E-state index in [4.69, 9.17) is 0 Å². The summed E-state index contributed by atoms with van der Waals surface area (Å²) >= 11 is 0. The molecule has 0 aliphatic carbocycles. The summed E-state index contributed by atoms with van der Waals surface area (Å²) in [5.74, 6) is -0.784. The molecule has 1 aromatic carbocycles. The van der Waals surface area contributed by atoms with Crippen molar-refractivity contribution in [1.29, 1.82) is 0 Å². The van der Waals surface area contributed by atoms with Crippen molar-refractivity contribution < 1.29 is 14.4 Å². The van der Waals surface area contributed by atoms with Gasteiger partial charge in [0.1, 0.15) is 0 Å². The Morgan fingerprint density at radius 3 is 2.57 bits per heavy atom. The summed E-state index contributed by atoms with van der Waals surface area (Å²) < 4.78 is 0. The van der Waals surface area contributed by atoms with E-state index in [1.807, 2.05) is 23.1 Å². The van der Waals surface area contributed by atoms with Crippen LogP contribution >= 0.6 is 0 Å². The van der Waals surface area contributed by atoms with Crippen molar-refractivity contribution in [3.8, 4) is 0 Å². The second-order valence-electron chi connectivity index (χ2n) is 7.88. The van der Waals surface area contributed by atoms with Crippen molar-refractivity contribution in [3.05, 3.63) is 59.9 Å². The third kappa shape index (κ3) is 4.50. The molecule has 0 spiro atoms. The van der Waals surface area contributed by atoms with Crippen molar-refractivity contribution in [2.24, 2.45) is 5.92 Å². The highest BCUT2D eigenvalue weighted by molar-refractivity contribution is 6.05. The summed E-state index contributed by atoms with van der Waals surface area (Å²) in [4.78, 5) is 46.0. The number of piperidine rings is 1. The molecular formula is C23H26N4O3. The van der Waals surface area contributed by atoms with Gasteiger partial charge in [-0.25, -0.2) is 0 Å². The van der Waals surface area contributed by atoms with Gasteiger partial charge in [-0.15, -0.1) is 0 Å². The lowest BCUT2D eigenvalue weighted by atomic mass is 10.1. The number of nitrogens with zero attached hydrogens (tertiary/aromatic N) is 3. The van der Waals surface area contributed by atoms with Gasteiger partial charge < -0.3 is 15.1 Å². The van der Waals surface area contributed by atoms with Crippen LogP contribution in [0.3, 0.4) is 0 Å². The maximum absolute atomic E-state index is 12.9. The number of aromatic nitrogens is 1. The lowest BCUT2D eigenvalue weighted by Gasteiger charge is -2.27. The molecule has 2 saturated heterocycles. The quantitative estimate of drug-likeness (QED) is 0.828. The van der Waals surface area contributed by atoms with Crippen molar-refractivity contribution in [3.63, 3.8) is 0 Å². The molecule has 7 nitrogen and oxygen atoms in total. The number of hydrogen-bond donors (Lipinski definition) is 1. The largest absolute Gasteiger partial charge is 0.339 e. The molecule has 1 N–H and O–H groups in total. The molecule has 0 saturated carbocycles. The summed E-state index contributed by atoms with van der Waals surface area (Å²) in [5, 5.41) is 2.90. The number of nitrogens with one attached hydrogen (secondary N) is 1. The first kappa shape index (κ1) is 20.1. The minimum Gasteiger partial charge on any atom is -0.339 e. The van der Waals surface area contributed by atoms with E-state index in [1.54, 1.807) is 35.4 Å². The predicted molar refractivity (Wildman–Crippen MR) is 113 cm³/mol. The summed E-state index contributed by atoms with van der Waals surface area (Å²) in [6.45, 7) is 2.25. The predicted octanol–water partition coefficient (Wildman–Crippen LogP) is 2.69. The molecule has 30 heavy (non-hydrogen) atoms. The van der Waals surface area contributed by atoms with E-state index >= 15 is 0 Å². The van der Waals surface area contributed by atoms with Crippen LogP contribution in [-0.2, 0) is 16.1 Å². The number of benzene rings is 1. The van der Waals surface area contributed by atoms with Gasteiger partial charge in [0.2, 0.25) is 11.8 Å². The topological polar surface area (TPSA) is 82.6 Å². The highest BCUT2D eigenvalue weighted by Crippen LogP contribution is 2.24. The molecule has 1 unspecified atom stereocenters. The Bertz CT molecular complexity index is 925. The van der Waals surface area contributed by atoms with Gasteiger partial charge in [0.05, 0.1) is 29.4 Å². The fourth-order valence-electron chi connectivity index (χ4n) is 4.07. The Labute approximate surface area is 176 Å². The third-order valence-electron chi connectivity index (χ3n) is 5.72. The van der Waals surface area contributed by atoms with E-state index in [9.17, 15) is 14.4 Å². The smallest absolute Gasteiger partial charge is 0.255 e. The van der Waals surface area contributed by atoms with E-state index in [2.05, 4.69) is 10.3 Å². The second kappa shape index (κ2) is 9.07. The number of para-hydroxylation sites is 1. The zero-order chi connectivity index (χ0) is 20.9. The number of likely N-dealkylation sites (tertiary alicyclic amines) is 2. The van der Waals surface area contributed by atoms with Crippen LogP contribution in [0.5, 0.6) is 0 Å². The number of amides is 3. The molecule has 1 aromatic heterocycles. The summed E-state index contributed by atoms with van der Waals surface area (Å²) in [6.07, 6.45) is 5.03. The Balaban J connectivity index is 1.42. The van der Waals surface area contributed by atoms with Crippen LogP contribution < -0.4 is 5.32 Å². The molecule has 1 atom stereocenters. The van der Waals surface area contributed by atoms with Crippen molar-refractivity contribution >= 4 is 23.4 Å². The van der Waals surface area contributed by atoms with Crippen LogP contribution in [0.4, 0.5) is 5.69 Å². The molecule has 7 heteroatoms. The number of pyridine rings is 1.